The molecule has 0 amide bonds. The first-order valence-corrected chi connectivity index (χ1v) is 8.81. The molecular weight excluding hydrogens is 256 g/mol. The lowest BCUT2D eigenvalue weighted by molar-refractivity contribution is 0.322. The summed E-state index contributed by atoms with van der Waals surface area (Å²) in [6.07, 6.45) is 6.28. The molecule has 1 saturated heterocycles. The predicted molar refractivity (Wildman–Crippen MR) is 93.1 cm³/mol. The summed E-state index contributed by atoms with van der Waals surface area (Å²) in [4.78, 5) is 2.55. The Morgan fingerprint density at radius 3 is 2.52 bits per heavy atom. The highest BCUT2D eigenvalue weighted by atomic mass is 15.2. The van der Waals surface area contributed by atoms with Crippen LogP contribution in [0.3, 0.4) is 0 Å². The topological polar surface area (TPSA) is 15.3 Å². The average molecular weight is 288 g/mol. The third-order valence-electron chi connectivity index (χ3n) is 4.68. The van der Waals surface area contributed by atoms with Crippen LogP contribution in [0.2, 0.25) is 0 Å². The van der Waals surface area contributed by atoms with Gasteiger partial charge in [-0.05, 0) is 55.8 Å². The molecule has 2 nitrogen and oxygen atoms in total. The van der Waals surface area contributed by atoms with Crippen LogP contribution in [0.4, 0.5) is 5.69 Å². The molecule has 2 rings (SSSR count). The average Bonchev–Trinajstić information content (AvgIpc) is 2.52. The van der Waals surface area contributed by atoms with Gasteiger partial charge in [0, 0.05) is 24.8 Å². The number of hydrogen-bond donors (Lipinski definition) is 1. The van der Waals surface area contributed by atoms with Crippen molar-refractivity contribution in [3.8, 4) is 0 Å². The van der Waals surface area contributed by atoms with Crippen molar-refractivity contribution < 1.29 is 0 Å². The van der Waals surface area contributed by atoms with E-state index in [9.17, 15) is 0 Å². The molecule has 1 aliphatic rings. The molecule has 0 aliphatic carbocycles. The predicted octanol–water partition coefficient (Wildman–Crippen LogP) is 4.24. The molecule has 0 aromatic heterocycles. The maximum atomic E-state index is 3.70. The van der Waals surface area contributed by atoms with Crippen molar-refractivity contribution in [2.75, 3.05) is 24.5 Å². The maximum Gasteiger partial charge on any atom is 0.0366 e. The summed E-state index contributed by atoms with van der Waals surface area (Å²) in [6.45, 7) is 10.4. The quantitative estimate of drug-likeness (QED) is 0.807. The van der Waals surface area contributed by atoms with Gasteiger partial charge in [-0.2, -0.15) is 0 Å². The Morgan fingerprint density at radius 1 is 1.14 bits per heavy atom. The van der Waals surface area contributed by atoms with Gasteiger partial charge in [-0.15, -0.1) is 0 Å². The number of nitrogens with zero attached hydrogens (tertiary/aromatic N) is 1. The van der Waals surface area contributed by atoms with Gasteiger partial charge in [-0.3, -0.25) is 0 Å². The van der Waals surface area contributed by atoms with Crippen molar-refractivity contribution >= 4 is 5.69 Å². The molecule has 0 spiro atoms. The Bertz CT molecular complexity index is 399. The van der Waals surface area contributed by atoms with Crippen LogP contribution in [-0.2, 0) is 6.42 Å². The van der Waals surface area contributed by atoms with Gasteiger partial charge in [0.25, 0.3) is 0 Å². The highest BCUT2D eigenvalue weighted by Gasteiger charge is 2.25. The maximum absolute atomic E-state index is 3.70. The summed E-state index contributed by atoms with van der Waals surface area (Å²) in [7, 11) is 0. The molecule has 0 radical (unpaired) electrons. The lowest BCUT2D eigenvalue weighted by Gasteiger charge is -2.38. The van der Waals surface area contributed by atoms with E-state index in [4.69, 9.17) is 0 Å². The van der Waals surface area contributed by atoms with Crippen LogP contribution in [0, 0.1) is 5.92 Å². The normalized spacial score (nSPS) is 22.5. The molecule has 1 fully saturated rings. The van der Waals surface area contributed by atoms with E-state index in [0.29, 0.717) is 6.04 Å². The fraction of sp³-hybridized carbons (Fsp3) is 0.684. The van der Waals surface area contributed by atoms with E-state index >= 15 is 0 Å². The van der Waals surface area contributed by atoms with Crippen LogP contribution in [0.1, 0.15) is 52.0 Å². The summed E-state index contributed by atoms with van der Waals surface area (Å²) >= 11 is 0. The summed E-state index contributed by atoms with van der Waals surface area (Å²) in [6, 6.07) is 9.97. The van der Waals surface area contributed by atoms with Gasteiger partial charge in [0.15, 0.2) is 0 Å². The zero-order valence-electron chi connectivity index (χ0n) is 14.1. The van der Waals surface area contributed by atoms with E-state index in [-0.39, 0.29) is 0 Å². The second-order valence-corrected chi connectivity index (χ2v) is 6.54. The molecule has 2 heteroatoms. The van der Waals surface area contributed by atoms with Crippen molar-refractivity contribution in [1.82, 2.24) is 5.32 Å². The van der Waals surface area contributed by atoms with E-state index in [2.05, 4.69) is 55.3 Å². The van der Waals surface area contributed by atoms with Gasteiger partial charge >= 0.3 is 0 Å². The Kier molecular flexibility index (Phi) is 6.56. The van der Waals surface area contributed by atoms with Gasteiger partial charge in [-0.1, -0.05) is 39.3 Å². The number of aryl methyl sites for hydroxylation is 1. The Morgan fingerprint density at radius 2 is 1.90 bits per heavy atom. The number of anilines is 1. The largest absolute Gasteiger partial charge is 0.371 e. The van der Waals surface area contributed by atoms with Gasteiger partial charge in [-0.25, -0.2) is 0 Å². The van der Waals surface area contributed by atoms with Crippen molar-refractivity contribution in [2.45, 2.75) is 58.9 Å². The summed E-state index contributed by atoms with van der Waals surface area (Å²) in [5.41, 5.74) is 2.88. The molecule has 2 atom stereocenters. The van der Waals surface area contributed by atoms with Crippen LogP contribution < -0.4 is 10.2 Å². The minimum atomic E-state index is 0.699. The van der Waals surface area contributed by atoms with E-state index in [1.165, 1.54) is 56.4 Å². The molecule has 0 saturated carbocycles. The smallest absolute Gasteiger partial charge is 0.0366 e. The van der Waals surface area contributed by atoms with Crippen LogP contribution >= 0.6 is 0 Å². The molecule has 1 aromatic carbocycles. The second kappa shape index (κ2) is 8.43. The highest BCUT2D eigenvalue weighted by Crippen LogP contribution is 2.24. The first-order chi connectivity index (χ1) is 10.2. The van der Waals surface area contributed by atoms with Gasteiger partial charge in [0.1, 0.15) is 0 Å². The molecule has 1 heterocycles. The van der Waals surface area contributed by atoms with Crippen LogP contribution in [0.25, 0.3) is 0 Å². The van der Waals surface area contributed by atoms with Gasteiger partial charge in [0.05, 0.1) is 0 Å². The first kappa shape index (κ1) is 16.4. The zero-order chi connectivity index (χ0) is 15.1. The van der Waals surface area contributed by atoms with Crippen LogP contribution in [-0.4, -0.2) is 25.7 Å². The van der Waals surface area contributed by atoms with Crippen molar-refractivity contribution in [3.05, 3.63) is 29.8 Å². The molecule has 118 valence electrons. The molecule has 0 bridgehead atoms. The lowest BCUT2D eigenvalue weighted by atomic mass is 9.93. The number of hydrogen-bond acceptors (Lipinski definition) is 2. The first-order valence-electron chi connectivity index (χ1n) is 8.81. The van der Waals surface area contributed by atoms with Gasteiger partial charge in [0.2, 0.25) is 0 Å². The number of rotatable bonds is 7. The molecule has 2 unspecified atom stereocenters. The highest BCUT2D eigenvalue weighted by molar-refractivity contribution is 5.48. The number of piperidine rings is 1. The monoisotopic (exact) mass is 288 g/mol. The Balaban J connectivity index is 1.88. The third-order valence-corrected chi connectivity index (χ3v) is 4.68. The fourth-order valence-electron chi connectivity index (χ4n) is 3.27. The molecular formula is C19H32N2. The van der Waals surface area contributed by atoms with E-state index < -0.39 is 0 Å². The Labute approximate surface area is 130 Å². The number of benzene rings is 1. The standard InChI is InChI=1S/C19H32N2/c1-4-6-7-17-8-10-18(11-9-17)21-14-12-19(16(3)15-21)20-13-5-2/h8-11,16,19-20H,4-7,12-15H2,1-3H3. The van der Waals surface area contributed by atoms with Crippen molar-refractivity contribution in [3.63, 3.8) is 0 Å². The molecule has 21 heavy (non-hydrogen) atoms. The molecule has 1 aliphatic heterocycles. The van der Waals surface area contributed by atoms with E-state index in [0.717, 1.165) is 12.5 Å². The van der Waals surface area contributed by atoms with Crippen LogP contribution in [0.5, 0.6) is 0 Å². The summed E-state index contributed by atoms with van der Waals surface area (Å²) < 4.78 is 0. The lowest BCUT2D eigenvalue weighted by Crippen LogP contribution is -2.48. The zero-order valence-corrected chi connectivity index (χ0v) is 14.1. The number of unbranched alkanes of at least 4 members (excludes halogenated alkanes) is 1. The van der Waals surface area contributed by atoms with Crippen molar-refractivity contribution in [2.24, 2.45) is 5.92 Å². The molecule has 1 N–H and O–H groups in total. The Hall–Kier alpha value is -1.02. The van der Waals surface area contributed by atoms with Crippen molar-refractivity contribution in [1.29, 1.82) is 0 Å². The fourth-order valence-corrected chi connectivity index (χ4v) is 3.27. The molecule has 1 aromatic rings. The van der Waals surface area contributed by atoms with Crippen LogP contribution in [0.15, 0.2) is 24.3 Å². The summed E-state index contributed by atoms with van der Waals surface area (Å²) in [5.74, 6) is 0.727. The third kappa shape index (κ3) is 4.74. The minimum Gasteiger partial charge on any atom is -0.371 e. The number of nitrogens with one attached hydrogen (secondary N) is 1. The van der Waals surface area contributed by atoms with E-state index in [1.54, 1.807) is 0 Å². The second-order valence-electron chi connectivity index (χ2n) is 6.54. The minimum absolute atomic E-state index is 0.699. The summed E-state index contributed by atoms with van der Waals surface area (Å²) in [5, 5.41) is 3.70. The van der Waals surface area contributed by atoms with Gasteiger partial charge < -0.3 is 10.2 Å². The van der Waals surface area contributed by atoms with E-state index in [1.807, 2.05) is 0 Å². The SMILES string of the molecule is CCCCc1ccc(N2CCC(NCCC)C(C)C2)cc1.